The van der Waals surface area contributed by atoms with Gasteiger partial charge in [0.1, 0.15) is 6.10 Å². The molecular weight excluding hydrogens is 362 g/mol. The van der Waals surface area contributed by atoms with Gasteiger partial charge in [-0.05, 0) is 36.5 Å². The van der Waals surface area contributed by atoms with E-state index in [4.69, 9.17) is 9.47 Å². The Morgan fingerprint density at radius 3 is 2.81 bits per heavy atom. The Balaban J connectivity index is 1.73. The maximum atomic E-state index is 13.8. The van der Waals surface area contributed by atoms with Gasteiger partial charge >= 0.3 is 0 Å². The zero-order valence-corrected chi connectivity index (χ0v) is 13.9. The topological polar surface area (TPSA) is 18.5 Å². The third kappa shape index (κ3) is 3.54. The van der Waals surface area contributed by atoms with E-state index in [1.54, 1.807) is 0 Å². The second-order valence-electron chi connectivity index (χ2n) is 5.58. The number of ether oxygens (including phenoxy) is 2. The molecule has 1 aromatic carbocycles. The largest absolute Gasteiger partial charge is 0.487 e. The minimum Gasteiger partial charge on any atom is -0.487 e. The molecule has 0 radical (unpaired) electrons. The Bertz CT molecular complexity index is 515. The van der Waals surface area contributed by atoms with Crippen LogP contribution in [-0.4, -0.2) is 29.8 Å². The standard InChI is InChI=1S/C15H17BrF2O2S/c16-10-7-12(17)14(18)13(8-10)20-11-1-4-19-15(9-11)2-5-21-6-3-15/h7-8,11H,1-6,9H2. The van der Waals surface area contributed by atoms with Gasteiger partial charge in [-0.2, -0.15) is 16.2 Å². The molecule has 2 fully saturated rings. The van der Waals surface area contributed by atoms with Crippen molar-refractivity contribution >= 4 is 27.7 Å². The molecule has 1 spiro atoms. The van der Waals surface area contributed by atoms with E-state index >= 15 is 0 Å². The van der Waals surface area contributed by atoms with Crippen LogP contribution in [0.2, 0.25) is 0 Å². The molecule has 0 saturated carbocycles. The average Bonchev–Trinajstić information content (AvgIpc) is 2.45. The third-order valence-corrected chi connectivity index (χ3v) is 5.55. The summed E-state index contributed by atoms with van der Waals surface area (Å²) in [6, 6.07) is 2.59. The first-order valence-electron chi connectivity index (χ1n) is 7.11. The van der Waals surface area contributed by atoms with Gasteiger partial charge in [0.2, 0.25) is 5.82 Å². The van der Waals surface area contributed by atoms with Crippen molar-refractivity contribution in [1.82, 2.24) is 0 Å². The molecule has 6 heteroatoms. The zero-order chi connectivity index (χ0) is 14.9. The molecule has 1 unspecified atom stereocenters. The molecule has 0 aliphatic carbocycles. The molecular formula is C15H17BrF2O2S. The molecule has 2 aliphatic rings. The van der Waals surface area contributed by atoms with Crippen LogP contribution in [0.4, 0.5) is 8.78 Å². The van der Waals surface area contributed by atoms with E-state index in [0.717, 1.165) is 36.8 Å². The monoisotopic (exact) mass is 378 g/mol. The molecule has 3 rings (SSSR count). The highest BCUT2D eigenvalue weighted by atomic mass is 79.9. The van der Waals surface area contributed by atoms with E-state index in [-0.39, 0.29) is 17.5 Å². The van der Waals surface area contributed by atoms with Crippen molar-refractivity contribution in [2.45, 2.75) is 37.4 Å². The highest BCUT2D eigenvalue weighted by molar-refractivity contribution is 9.10. The maximum Gasteiger partial charge on any atom is 0.200 e. The first-order chi connectivity index (χ1) is 10.1. The van der Waals surface area contributed by atoms with E-state index in [1.165, 1.54) is 6.07 Å². The second-order valence-corrected chi connectivity index (χ2v) is 7.72. The molecule has 21 heavy (non-hydrogen) atoms. The van der Waals surface area contributed by atoms with E-state index in [0.29, 0.717) is 17.5 Å². The van der Waals surface area contributed by atoms with Gasteiger partial charge in [0.25, 0.3) is 0 Å². The Morgan fingerprint density at radius 2 is 2.05 bits per heavy atom. The first kappa shape index (κ1) is 15.6. The average molecular weight is 379 g/mol. The van der Waals surface area contributed by atoms with Crippen molar-refractivity contribution in [3.63, 3.8) is 0 Å². The Morgan fingerprint density at radius 1 is 1.29 bits per heavy atom. The van der Waals surface area contributed by atoms with Crippen molar-refractivity contribution in [3.8, 4) is 5.75 Å². The molecule has 2 aliphatic heterocycles. The van der Waals surface area contributed by atoms with Gasteiger partial charge in [-0.1, -0.05) is 15.9 Å². The summed E-state index contributed by atoms with van der Waals surface area (Å²) in [6.45, 7) is 0.618. The van der Waals surface area contributed by atoms with Crippen molar-refractivity contribution in [2.24, 2.45) is 0 Å². The van der Waals surface area contributed by atoms with E-state index in [1.807, 2.05) is 11.8 Å². The molecule has 0 bridgehead atoms. The van der Waals surface area contributed by atoms with Crippen molar-refractivity contribution < 1.29 is 18.3 Å². The molecule has 2 nitrogen and oxygen atoms in total. The quantitative estimate of drug-likeness (QED) is 0.703. The van der Waals surface area contributed by atoms with Crippen LogP contribution in [-0.2, 0) is 4.74 Å². The summed E-state index contributed by atoms with van der Waals surface area (Å²) in [6.07, 6.45) is 3.36. The fourth-order valence-electron chi connectivity index (χ4n) is 2.97. The lowest BCUT2D eigenvalue weighted by atomic mass is 9.86. The minimum atomic E-state index is -0.919. The zero-order valence-electron chi connectivity index (χ0n) is 11.5. The lowest BCUT2D eigenvalue weighted by Gasteiger charge is -2.43. The number of halogens is 3. The van der Waals surface area contributed by atoms with Crippen LogP contribution in [0.15, 0.2) is 16.6 Å². The molecule has 1 aromatic rings. The molecule has 0 N–H and O–H groups in total. The fraction of sp³-hybridized carbons (Fsp3) is 0.600. The Labute approximate surface area is 135 Å². The van der Waals surface area contributed by atoms with Crippen LogP contribution in [0.5, 0.6) is 5.75 Å². The summed E-state index contributed by atoms with van der Waals surface area (Å²) in [4.78, 5) is 0. The lowest BCUT2D eigenvalue weighted by molar-refractivity contribution is -0.116. The van der Waals surface area contributed by atoms with Crippen LogP contribution in [0.25, 0.3) is 0 Å². The smallest absolute Gasteiger partial charge is 0.200 e. The summed E-state index contributed by atoms with van der Waals surface area (Å²) in [5.41, 5.74) is -0.130. The molecule has 2 saturated heterocycles. The number of thioether (sulfide) groups is 1. The van der Waals surface area contributed by atoms with Gasteiger partial charge in [0, 0.05) is 17.3 Å². The summed E-state index contributed by atoms with van der Waals surface area (Å²) in [5, 5.41) is 0. The Hall–Kier alpha value is -0.330. The molecule has 116 valence electrons. The predicted octanol–water partition coefficient (Wildman–Crippen LogP) is 4.55. The highest BCUT2D eigenvalue weighted by Crippen LogP contribution is 2.39. The van der Waals surface area contributed by atoms with Crippen LogP contribution in [0.3, 0.4) is 0 Å². The van der Waals surface area contributed by atoms with Gasteiger partial charge in [-0.15, -0.1) is 0 Å². The summed E-state index contributed by atoms with van der Waals surface area (Å²) in [7, 11) is 0. The van der Waals surface area contributed by atoms with Crippen molar-refractivity contribution in [3.05, 3.63) is 28.2 Å². The van der Waals surface area contributed by atoms with Gasteiger partial charge < -0.3 is 9.47 Å². The predicted molar refractivity (Wildman–Crippen MR) is 83.0 cm³/mol. The van der Waals surface area contributed by atoms with Crippen LogP contribution in [0.1, 0.15) is 25.7 Å². The van der Waals surface area contributed by atoms with Crippen molar-refractivity contribution in [1.29, 1.82) is 0 Å². The fourth-order valence-corrected chi connectivity index (χ4v) is 4.62. The maximum absolute atomic E-state index is 13.8. The highest BCUT2D eigenvalue weighted by Gasteiger charge is 2.39. The van der Waals surface area contributed by atoms with Crippen molar-refractivity contribution in [2.75, 3.05) is 18.1 Å². The number of hydrogen-bond donors (Lipinski definition) is 0. The summed E-state index contributed by atoms with van der Waals surface area (Å²) < 4.78 is 39.4. The summed E-state index contributed by atoms with van der Waals surface area (Å²) in [5.74, 6) is 0.349. The SMILES string of the molecule is Fc1cc(Br)cc(OC2CCOC3(CCSCC3)C2)c1F. The van der Waals surface area contributed by atoms with Gasteiger partial charge in [0.05, 0.1) is 12.2 Å². The number of rotatable bonds is 2. The normalized spacial score (nSPS) is 25.0. The number of benzene rings is 1. The van der Waals surface area contributed by atoms with Gasteiger partial charge in [0.15, 0.2) is 11.6 Å². The molecule has 0 amide bonds. The third-order valence-electron chi connectivity index (χ3n) is 4.11. The second kappa shape index (κ2) is 6.42. The Kier molecular flexibility index (Phi) is 4.76. The molecule has 0 aromatic heterocycles. The minimum absolute atomic E-state index is 0.0193. The number of hydrogen-bond acceptors (Lipinski definition) is 3. The lowest BCUT2D eigenvalue weighted by Crippen LogP contribution is -2.46. The van der Waals surface area contributed by atoms with E-state index in [9.17, 15) is 8.78 Å². The molecule has 2 heterocycles. The van der Waals surface area contributed by atoms with Crippen LogP contribution < -0.4 is 4.74 Å². The van der Waals surface area contributed by atoms with E-state index < -0.39 is 11.6 Å². The first-order valence-corrected chi connectivity index (χ1v) is 9.06. The molecule has 1 atom stereocenters. The van der Waals surface area contributed by atoms with Gasteiger partial charge in [-0.3, -0.25) is 0 Å². The summed E-state index contributed by atoms with van der Waals surface area (Å²) >= 11 is 5.11. The van der Waals surface area contributed by atoms with E-state index in [2.05, 4.69) is 15.9 Å². The van der Waals surface area contributed by atoms with Crippen LogP contribution in [0, 0.1) is 11.6 Å². The van der Waals surface area contributed by atoms with Crippen LogP contribution >= 0.6 is 27.7 Å². The van der Waals surface area contributed by atoms with Gasteiger partial charge in [-0.25, -0.2) is 4.39 Å².